The lowest BCUT2D eigenvalue weighted by atomic mass is 10.0. The van der Waals surface area contributed by atoms with Gasteiger partial charge in [-0.15, -0.1) is 0 Å². The highest BCUT2D eigenvalue weighted by atomic mass is 35.5. The van der Waals surface area contributed by atoms with Crippen LogP contribution >= 0.6 is 11.6 Å². The van der Waals surface area contributed by atoms with E-state index in [-0.39, 0.29) is 5.91 Å². The Morgan fingerprint density at radius 3 is 2.74 bits per heavy atom. The van der Waals surface area contributed by atoms with Gasteiger partial charge in [0.15, 0.2) is 0 Å². The second kappa shape index (κ2) is 7.62. The lowest BCUT2D eigenvalue weighted by Crippen LogP contribution is -2.21. The van der Waals surface area contributed by atoms with Gasteiger partial charge in [-0.3, -0.25) is 4.79 Å². The molecule has 0 radical (unpaired) electrons. The molecule has 4 heteroatoms. The SMILES string of the molecule is O=C(Nc1ccc(CCC2CCCN2)cc1)c1cccc(Cl)c1. The van der Waals surface area contributed by atoms with Gasteiger partial charge in [-0.25, -0.2) is 0 Å². The number of hydrogen-bond donors (Lipinski definition) is 2. The molecular weight excluding hydrogens is 308 g/mol. The standard InChI is InChI=1S/C19H21ClN2O/c20-16-4-1-3-15(13-16)19(23)22-18-10-7-14(8-11-18)6-9-17-5-2-12-21-17/h1,3-4,7-8,10-11,13,17,21H,2,5-6,9,12H2,(H,22,23). The van der Waals surface area contributed by atoms with Crippen LogP contribution in [0.1, 0.15) is 35.2 Å². The summed E-state index contributed by atoms with van der Waals surface area (Å²) in [4.78, 5) is 12.2. The number of anilines is 1. The molecule has 0 aromatic heterocycles. The number of hydrogen-bond acceptors (Lipinski definition) is 2. The van der Waals surface area contributed by atoms with Gasteiger partial charge in [0.25, 0.3) is 5.91 Å². The van der Waals surface area contributed by atoms with Crippen molar-refractivity contribution < 1.29 is 4.79 Å². The number of halogens is 1. The minimum Gasteiger partial charge on any atom is -0.322 e. The maximum Gasteiger partial charge on any atom is 0.255 e. The minimum absolute atomic E-state index is 0.143. The van der Waals surface area contributed by atoms with E-state index >= 15 is 0 Å². The molecule has 0 spiro atoms. The minimum atomic E-state index is -0.143. The van der Waals surface area contributed by atoms with Gasteiger partial charge in [0.2, 0.25) is 0 Å². The van der Waals surface area contributed by atoms with Crippen molar-refractivity contribution in [2.75, 3.05) is 11.9 Å². The van der Waals surface area contributed by atoms with E-state index in [0.29, 0.717) is 16.6 Å². The van der Waals surface area contributed by atoms with Gasteiger partial charge in [0, 0.05) is 22.3 Å². The predicted molar refractivity (Wildman–Crippen MR) is 95.2 cm³/mol. The number of aryl methyl sites for hydroxylation is 1. The van der Waals surface area contributed by atoms with Gasteiger partial charge in [-0.1, -0.05) is 29.8 Å². The summed E-state index contributed by atoms with van der Waals surface area (Å²) in [6, 6.07) is 15.7. The molecule has 1 saturated heterocycles. The molecule has 1 amide bonds. The van der Waals surface area contributed by atoms with Crippen LogP contribution in [-0.4, -0.2) is 18.5 Å². The zero-order chi connectivity index (χ0) is 16.1. The fourth-order valence-corrected chi connectivity index (χ4v) is 3.12. The second-order valence-electron chi connectivity index (χ2n) is 5.99. The van der Waals surface area contributed by atoms with Gasteiger partial charge in [0.1, 0.15) is 0 Å². The van der Waals surface area contributed by atoms with E-state index in [1.807, 2.05) is 12.1 Å². The highest BCUT2D eigenvalue weighted by Crippen LogP contribution is 2.17. The summed E-state index contributed by atoms with van der Waals surface area (Å²) in [6.45, 7) is 1.15. The number of nitrogens with one attached hydrogen (secondary N) is 2. The van der Waals surface area contributed by atoms with Gasteiger partial charge < -0.3 is 10.6 Å². The maximum atomic E-state index is 12.2. The number of amides is 1. The van der Waals surface area contributed by atoms with Crippen molar-refractivity contribution in [2.45, 2.75) is 31.7 Å². The molecule has 1 aliphatic rings. The Kier molecular flexibility index (Phi) is 5.31. The molecule has 0 bridgehead atoms. The topological polar surface area (TPSA) is 41.1 Å². The number of carbonyl (C=O) groups is 1. The maximum absolute atomic E-state index is 12.2. The van der Waals surface area contributed by atoms with Crippen molar-refractivity contribution in [1.29, 1.82) is 0 Å². The Labute approximate surface area is 142 Å². The van der Waals surface area contributed by atoms with E-state index in [4.69, 9.17) is 11.6 Å². The average Bonchev–Trinajstić information content (AvgIpc) is 3.08. The Morgan fingerprint density at radius 2 is 2.04 bits per heavy atom. The van der Waals surface area contributed by atoms with E-state index < -0.39 is 0 Å². The van der Waals surface area contributed by atoms with Crippen molar-refractivity contribution in [2.24, 2.45) is 0 Å². The van der Waals surface area contributed by atoms with Crippen LogP contribution < -0.4 is 10.6 Å². The van der Waals surface area contributed by atoms with Crippen LogP contribution in [0.4, 0.5) is 5.69 Å². The Hall–Kier alpha value is -1.84. The molecule has 3 rings (SSSR count). The van der Waals surface area contributed by atoms with Crippen LogP contribution in [0.15, 0.2) is 48.5 Å². The first-order chi connectivity index (χ1) is 11.2. The van der Waals surface area contributed by atoms with E-state index in [1.54, 1.807) is 24.3 Å². The Bertz CT molecular complexity index is 663. The summed E-state index contributed by atoms with van der Waals surface area (Å²) in [6.07, 6.45) is 4.82. The second-order valence-corrected chi connectivity index (χ2v) is 6.43. The van der Waals surface area contributed by atoms with Crippen molar-refractivity contribution in [3.63, 3.8) is 0 Å². The van der Waals surface area contributed by atoms with E-state index in [1.165, 1.54) is 24.8 Å². The largest absolute Gasteiger partial charge is 0.322 e. The highest BCUT2D eigenvalue weighted by molar-refractivity contribution is 6.31. The predicted octanol–water partition coefficient (Wildman–Crippen LogP) is 4.28. The third-order valence-electron chi connectivity index (χ3n) is 4.24. The van der Waals surface area contributed by atoms with Crippen molar-refractivity contribution in [1.82, 2.24) is 5.32 Å². The zero-order valence-electron chi connectivity index (χ0n) is 13.0. The summed E-state index contributed by atoms with van der Waals surface area (Å²) in [5.74, 6) is -0.143. The number of carbonyl (C=O) groups excluding carboxylic acids is 1. The van der Waals surface area contributed by atoms with E-state index in [2.05, 4.69) is 22.8 Å². The first kappa shape index (κ1) is 16.0. The lowest BCUT2D eigenvalue weighted by Gasteiger charge is -2.10. The highest BCUT2D eigenvalue weighted by Gasteiger charge is 2.13. The average molecular weight is 329 g/mol. The molecule has 2 aromatic rings. The molecule has 2 aromatic carbocycles. The third-order valence-corrected chi connectivity index (χ3v) is 4.48. The fourth-order valence-electron chi connectivity index (χ4n) is 2.93. The van der Waals surface area contributed by atoms with Crippen LogP contribution in [0.5, 0.6) is 0 Å². The van der Waals surface area contributed by atoms with E-state index in [9.17, 15) is 4.79 Å². The van der Waals surface area contributed by atoms with Gasteiger partial charge in [-0.2, -0.15) is 0 Å². The molecule has 1 heterocycles. The molecule has 1 aliphatic heterocycles. The zero-order valence-corrected chi connectivity index (χ0v) is 13.8. The summed E-state index contributed by atoms with van der Waals surface area (Å²) in [5.41, 5.74) is 2.67. The molecular formula is C19H21ClN2O. The first-order valence-electron chi connectivity index (χ1n) is 8.10. The molecule has 23 heavy (non-hydrogen) atoms. The van der Waals surface area contributed by atoms with E-state index in [0.717, 1.165) is 18.7 Å². The van der Waals surface area contributed by atoms with Crippen LogP contribution in [0.3, 0.4) is 0 Å². The van der Waals surface area contributed by atoms with Gasteiger partial charge in [0.05, 0.1) is 0 Å². The summed E-state index contributed by atoms with van der Waals surface area (Å²) in [5, 5.41) is 6.98. The number of benzene rings is 2. The monoisotopic (exact) mass is 328 g/mol. The molecule has 2 N–H and O–H groups in total. The number of rotatable bonds is 5. The molecule has 120 valence electrons. The molecule has 3 nitrogen and oxygen atoms in total. The molecule has 1 unspecified atom stereocenters. The summed E-state index contributed by atoms with van der Waals surface area (Å²) in [7, 11) is 0. The lowest BCUT2D eigenvalue weighted by molar-refractivity contribution is 0.102. The van der Waals surface area contributed by atoms with Crippen LogP contribution in [-0.2, 0) is 6.42 Å². The fraction of sp³-hybridized carbons (Fsp3) is 0.316. The van der Waals surface area contributed by atoms with Crippen molar-refractivity contribution in [3.8, 4) is 0 Å². The summed E-state index contributed by atoms with van der Waals surface area (Å²) >= 11 is 5.92. The van der Waals surface area contributed by atoms with Crippen LogP contribution in [0, 0.1) is 0 Å². The summed E-state index contributed by atoms with van der Waals surface area (Å²) < 4.78 is 0. The first-order valence-corrected chi connectivity index (χ1v) is 8.48. The quantitative estimate of drug-likeness (QED) is 0.860. The van der Waals surface area contributed by atoms with Crippen molar-refractivity contribution >= 4 is 23.2 Å². The third kappa shape index (κ3) is 4.57. The Balaban J connectivity index is 1.55. The molecule has 0 saturated carbocycles. The Morgan fingerprint density at radius 1 is 1.22 bits per heavy atom. The van der Waals surface area contributed by atoms with Gasteiger partial charge >= 0.3 is 0 Å². The normalized spacial score (nSPS) is 17.2. The van der Waals surface area contributed by atoms with Crippen LogP contribution in [0.25, 0.3) is 0 Å². The molecule has 1 fully saturated rings. The van der Waals surface area contributed by atoms with Crippen LogP contribution in [0.2, 0.25) is 5.02 Å². The smallest absolute Gasteiger partial charge is 0.255 e. The van der Waals surface area contributed by atoms with Crippen molar-refractivity contribution in [3.05, 3.63) is 64.7 Å². The molecule has 1 atom stereocenters. The molecule has 0 aliphatic carbocycles. The van der Waals surface area contributed by atoms with Gasteiger partial charge in [-0.05, 0) is 68.1 Å².